The maximum absolute atomic E-state index is 14.1. The van der Waals surface area contributed by atoms with Gasteiger partial charge in [-0.3, -0.25) is 0 Å². The van der Waals surface area contributed by atoms with Crippen LogP contribution >= 0.6 is 0 Å². The van der Waals surface area contributed by atoms with E-state index in [1.165, 1.54) is 12.1 Å². The minimum Gasteiger partial charge on any atom is -0.446 e. The number of anilines is 2. The average Bonchev–Trinajstić information content (AvgIpc) is 3.16. The fraction of sp³-hybridized carbons (Fsp3) is 0.421. The first-order chi connectivity index (χ1) is 14.3. The summed E-state index contributed by atoms with van der Waals surface area (Å²) >= 11 is 0. The van der Waals surface area contributed by atoms with Gasteiger partial charge in [0.15, 0.2) is 0 Å². The summed E-state index contributed by atoms with van der Waals surface area (Å²) in [5.74, 6) is -0.439. The Kier molecular flexibility index (Phi) is 6.83. The summed E-state index contributed by atoms with van der Waals surface area (Å²) in [5, 5.41) is 10.4. The Bertz CT molecular complexity index is 1000. The van der Waals surface area contributed by atoms with Crippen LogP contribution in [0.15, 0.2) is 35.5 Å². The van der Waals surface area contributed by atoms with Crippen LogP contribution in [0.1, 0.15) is 44.1 Å². The van der Waals surface area contributed by atoms with Gasteiger partial charge in [0.1, 0.15) is 11.9 Å². The first kappa shape index (κ1) is 21.9. The molecule has 2 aromatic rings. The van der Waals surface area contributed by atoms with Crippen molar-refractivity contribution in [3.63, 3.8) is 0 Å². The van der Waals surface area contributed by atoms with Crippen molar-refractivity contribution >= 4 is 27.8 Å². The number of rotatable bonds is 7. The van der Waals surface area contributed by atoms with Gasteiger partial charge in [0.2, 0.25) is 16.0 Å². The number of hydrogen-bond donors (Lipinski definition) is 3. The number of alkyl carbamates (subject to hydrolysis) is 1. The summed E-state index contributed by atoms with van der Waals surface area (Å²) in [7, 11) is -3.98. The van der Waals surface area contributed by atoms with E-state index in [2.05, 4.69) is 20.6 Å². The molecule has 1 heterocycles. The van der Waals surface area contributed by atoms with E-state index >= 15 is 0 Å². The molecular weight excluding hydrogens is 413 g/mol. The maximum atomic E-state index is 14.1. The summed E-state index contributed by atoms with van der Waals surface area (Å²) in [5.41, 5.74) is 0.938. The Morgan fingerprint density at radius 1 is 1.30 bits per heavy atom. The molecule has 1 aliphatic carbocycles. The van der Waals surface area contributed by atoms with E-state index < -0.39 is 21.9 Å². The van der Waals surface area contributed by atoms with E-state index in [-0.39, 0.29) is 28.6 Å². The highest BCUT2D eigenvalue weighted by atomic mass is 32.2. The molecule has 0 unspecified atom stereocenters. The number of nitrogens with zero attached hydrogens (tertiary/aromatic N) is 2. The summed E-state index contributed by atoms with van der Waals surface area (Å²) in [6, 6.07) is 3.29. The third kappa shape index (κ3) is 5.63. The van der Waals surface area contributed by atoms with Gasteiger partial charge < -0.3 is 15.4 Å². The van der Waals surface area contributed by atoms with Crippen molar-refractivity contribution in [3.05, 3.63) is 42.0 Å². The molecule has 162 valence electrons. The number of halogens is 1. The second-order valence-electron chi connectivity index (χ2n) is 7.12. The number of amides is 1. The lowest BCUT2D eigenvalue weighted by Gasteiger charge is -2.13. The topological polar surface area (TPSA) is 136 Å². The van der Waals surface area contributed by atoms with Gasteiger partial charge in [-0.2, -0.15) is 0 Å². The van der Waals surface area contributed by atoms with Crippen LogP contribution in [0.2, 0.25) is 0 Å². The molecule has 3 rings (SSSR count). The summed E-state index contributed by atoms with van der Waals surface area (Å²) < 4.78 is 42.1. The van der Waals surface area contributed by atoms with Crippen molar-refractivity contribution in [2.45, 2.75) is 49.5 Å². The standard InChI is InChI=1S/C19H24FN5O4S/c1-2-7-22-19(26)29-14-4-3-12(8-14)13-10-23-18(24-11-13)25-17-6-5-15(9-16(17)20)30(21,27)28/h5-6,9-12,14H,2-4,7-8H2,1H3,(H,22,26)(H2,21,27,28)(H,23,24,25)/t12-,14+/m1/s1. The molecule has 0 radical (unpaired) electrons. The Balaban J connectivity index is 1.59. The van der Waals surface area contributed by atoms with E-state index in [1.54, 1.807) is 12.4 Å². The van der Waals surface area contributed by atoms with Crippen molar-refractivity contribution in [1.29, 1.82) is 0 Å². The summed E-state index contributed by atoms with van der Waals surface area (Å²) in [4.78, 5) is 19.8. The molecule has 0 saturated heterocycles. The first-order valence-corrected chi connectivity index (χ1v) is 11.2. The molecule has 2 atom stereocenters. The first-order valence-electron chi connectivity index (χ1n) is 9.62. The second kappa shape index (κ2) is 9.35. The fourth-order valence-electron chi connectivity index (χ4n) is 3.28. The average molecular weight is 437 g/mol. The van der Waals surface area contributed by atoms with Gasteiger partial charge in [-0.15, -0.1) is 0 Å². The van der Waals surface area contributed by atoms with Crippen molar-refractivity contribution in [3.8, 4) is 0 Å². The van der Waals surface area contributed by atoms with Crippen LogP contribution in [-0.2, 0) is 14.8 Å². The highest BCUT2D eigenvalue weighted by Gasteiger charge is 2.29. The van der Waals surface area contributed by atoms with Crippen LogP contribution in [-0.4, -0.2) is 37.1 Å². The van der Waals surface area contributed by atoms with Gasteiger partial charge in [0.05, 0.1) is 10.6 Å². The number of hydrogen-bond acceptors (Lipinski definition) is 7. The Labute approximate surface area is 174 Å². The van der Waals surface area contributed by atoms with E-state index in [1.807, 2.05) is 6.92 Å². The molecule has 4 N–H and O–H groups in total. The van der Waals surface area contributed by atoms with Crippen molar-refractivity contribution in [2.24, 2.45) is 5.14 Å². The molecule has 1 aromatic heterocycles. The molecule has 0 spiro atoms. The highest BCUT2D eigenvalue weighted by molar-refractivity contribution is 7.89. The van der Waals surface area contributed by atoms with Crippen LogP contribution in [0.25, 0.3) is 0 Å². The minimum absolute atomic E-state index is 0.0302. The number of primary sulfonamides is 1. The van der Waals surface area contributed by atoms with Gasteiger partial charge in [0.25, 0.3) is 0 Å². The zero-order chi connectivity index (χ0) is 21.7. The summed E-state index contributed by atoms with van der Waals surface area (Å²) in [6.07, 6.45) is 5.92. The number of nitrogens with two attached hydrogens (primary N) is 1. The Morgan fingerprint density at radius 2 is 2.03 bits per heavy atom. The smallest absolute Gasteiger partial charge is 0.407 e. The molecule has 1 aromatic carbocycles. The number of nitrogens with one attached hydrogen (secondary N) is 2. The zero-order valence-electron chi connectivity index (χ0n) is 16.5. The largest absolute Gasteiger partial charge is 0.446 e. The van der Waals surface area contributed by atoms with Crippen molar-refractivity contribution in [2.75, 3.05) is 11.9 Å². The van der Waals surface area contributed by atoms with Crippen LogP contribution < -0.4 is 15.8 Å². The number of aromatic nitrogens is 2. The molecule has 1 fully saturated rings. The SMILES string of the molecule is CCCNC(=O)O[C@H]1CC[C@@H](c2cnc(Nc3ccc(S(N)(=O)=O)cc3F)nc2)C1. The minimum atomic E-state index is -3.98. The van der Waals surface area contributed by atoms with Crippen LogP contribution in [0.4, 0.5) is 20.8 Å². The van der Waals surface area contributed by atoms with Gasteiger partial charge in [-0.05, 0) is 55.4 Å². The van der Waals surface area contributed by atoms with Gasteiger partial charge in [-0.25, -0.2) is 32.7 Å². The molecule has 1 aliphatic rings. The molecule has 0 bridgehead atoms. The van der Waals surface area contributed by atoms with Crippen molar-refractivity contribution in [1.82, 2.24) is 15.3 Å². The van der Waals surface area contributed by atoms with Gasteiger partial charge in [-0.1, -0.05) is 6.92 Å². The van der Waals surface area contributed by atoms with E-state index in [9.17, 15) is 17.6 Å². The van der Waals surface area contributed by atoms with Crippen LogP contribution in [0, 0.1) is 5.82 Å². The predicted octanol–water partition coefficient (Wildman–Crippen LogP) is 2.78. The highest BCUT2D eigenvalue weighted by Crippen LogP contribution is 2.35. The summed E-state index contributed by atoms with van der Waals surface area (Å²) in [6.45, 7) is 2.56. The number of ether oxygens (including phenoxy) is 1. The van der Waals surface area contributed by atoms with E-state index in [0.717, 1.165) is 30.9 Å². The molecule has 1 saturated carbocycles. The molecule has 30 heavy (non-hydrogen) atoms. The van der Waals surface area contributed by atoms with Crippen LogP contribution in [0.5, 0.6) is 0 Å². The number of sulfonamides is 1. The Morgan fingerprint density at radius 3 is 2.67 bits per heavy atom. The zero-order valence-corrected chi connectivity index (χ0v) is 17.3. The monoisotopic (exact) mass is 437 g/mol. The van der Waals surface area contributed by atoms with Gasteiger partial charge >= 0.3 is 6.09 Å². The van der Waals surface area contributed by atoms with Gasteiger partial charge in [0, 0.05) is 18.9 Å². The molecular formula is C19H24FN5O4S. The second-order valence-corrected chi connectivity index (χ2v) is 8.68. The van der Waals surface area contributed by atoms with Crippen LogP contribution in [0.3, 0.4) is 0 Å². The quantitative estimate of drug-likeness (QED) is 0.606. The Hall–Kier alpha value is -2.79. The number of carbonyl (C=O) groups excluding carboxylic acids is 1. The van der Waals surface area contributed by atoms with E-state index in [4.69, 9.17) is 9.88 Å². The normalized spacial score (nSPS) is 18.8. The fourth-order valence-corrected chi connectivity index (χ4v) is 3.80. The third-order valence-electron chi connectivity index (χ3n) is 4.84. The number of carbonyl (C=O) groups is 1. The predicted molar refractivity (Wildman–Crippen MR) is 108 cm³/mol. The lowest BCUT2D eigenvalue weighted by molar-refractivity contribution is 0.100. The lowest BCUT2D eigenvalue weighted by Crippen LogP contribution is -2.28. The lowest BCUT2D eigenvalue weighted by atomic mass is 10.0. The van der Waals surface area contributed by atoms with E-state index in [0.29, 0.717) is 13.0 Å². The maximum Gasteiger partial charge on any atom is 0.407 e. The third-order valence-corrected chi connectivity index (χ3v) is 5.75. The molecule has 11 heteroatoms. The molecule has 0 aliphatic heterocycles. The molecule has 1 amide bonds. The number of benzene rings is 1. The van der Waals surface area contributed by atoms with Crippen molar-refractivity contribution < 1.29 is 22.3 Å². The molecule has 9 nitrogen and oxygen atoms in total.